The molecule has 1 aromatic carbocycles. The lowest BCUT2D eigenvalue weighted by Crippen LogP contribution is -2.21. The van der Waals surface area contributed by atoms with E-state index in [1.165, 1.54) is 36.8 Å². The van der Waals surface area contributed by atoms with Crippen LogP contribution in [0.4, 0.5) is 0 Å². The van der Waals surface area contributed by atoms with Crippen molar-refractivity contribution in [2.24, 2.45) is 0 Å². The van der Waals surface area contributed by atoms with Gasteiger partial charge in [0.25, 0.3) is 0 Å². The van der Waals surface area contributed by atoms with Crippen molar-refractivity contribution in [3.8, 4) is 5.75 Å². The fourth-order valence-electron chi connectivity index (χ4n) is 3.70. The number of hydrogen-bond acceptors (Lipinski definition) is 3. The van der Waals surface area contributed by atoms with E-state index in [4.69, 9.17) is 4.74 Å². The van der Waals surface area contributed by atoms with Crippen molar-refractivity contribution in [2.75, 3.05) is 20.7 Å². The molecule has 1 N–H and O–H groups in total. The molecule has 1 heterocycles. The van der Waals surface area contributed by atoms with E-state index in [2.05, 4.69) is 47.4 Å². The van der Waals surface area contributed by atoms with Crippen molar-refractivity contribution in [2.45, 2.75) is 37.5 Å². The van der Waals surface area contributed by atoms with Crippen LogP contribution < -0.4 is 10.1 Å². The molecule has 1 aliphatic rings. The zero-order valence-electron chi connectivity index (χ0n) is 13.9. The number of nitrogens with one attached hydrogen (secondary N) is 1. The Labute approximate surface area is 149 Å². The number of benzene rings is 1. The predicted molar refractivity (Wildman–Crippen MR) is 102 cm³/mol. The largest absolute Gasteiger partial charge is 0.497 e. The molecule has 2 nitrogen and oxygen atoms in total. The Balaban J connectivity index is 0.00000192. The van der Waals surface area contributed by atoms with E-state index in [0.717, 1.165) is 12.3 Å². The lowest BCUT2D eigenvalue weighted by Gasteiger charge is -2.29. The third-order valence-electron chi connectivity index (χ3n) is 4.82. The van der Waals surface area contributed by atoms with E-state index in [1.807, 2.05) is 0 Å². The van der Waals surface area contributed by atoms with Gasteiger partial charge in [-0.2, -0.15) is 11.3 Å². The van der Waals surface area contributed by atoms with Gasteiger partial charge in [0.05, 0.1) is 7.11 Å². The summed E-state index contributed by atoms with van der Waals surface area (Å²) in [4.78, 5) is 0. The average Bonchev–Trinajstić information content (AvgIpc) is 3.08. The minimum atomic E-state index is 0. The molecular formula is C19H26ClNOS. The van der Waals surface area contributed by atoms with Gasteiger partial charge in [-0.15, -0.1) is 12.4 Å². The summed E-state index contributed by atoms with van der Waals surface area (Å²) in [5.74, 6) is 2.27. The summed E-state index contributed by atoms with van der Waals surface area (Å²) in [5, 5.41) is 7.87. The fraction of sp³-hybridized carbons (Fsp3) is 0.474. The number of aryl methyl sites for hydroxylation is 1. The lowest BCUT2D eigenvalue weighted by atomic mass is 9.77. The molecule has 0 bridgehead atoms. The monoisotopic (exact) mass is 351 g/mol. The molecule has 0 saturated heterocycles. The second-order valence-corrected chi connectivity index (χ2v) is 6.98. The number of ether oxygens (including phenoxy) is 1. The molecule has 2 unspecified atom stereocenters. The standard InChI is InChI=1S/C19H25NOS.ClH/c1-20-12-17(16-8-9-22-13-16)10-14-4-3-5-15-11-18(21-2)6-7-19(14)15;/h6-9,11,13-14,17,20H,3-5,10,12H2,1-2H3;1H. The van der Waals surface area contributed by atoms with Gasteiger partial charge in [-0.25, -0.2) is 0 Å². The van der Waals surface area contributed by atoms with Gasteiger partial charge in [-0.1, -0.05) is 6.07 Å². The summed E-state index contributed by atoms with van der Waals surface area (Å²) >= 11 is 1.80. The van der Waals surface area contributed by atoms with Gasteiger partial charge in [-0.3, -0.25) is 0 Å². The number of rotatable bonds is 6. The van der Waals surface area contributed by atoms with Gasteiger partial charge < -0.3 is 10.1 Å². The molecule has 4 heteroatoms. The molecule has 0 radical (unpaired) electrons. The van der Waals surface area contributed by atoms with Crippen molar-refractivity contribution in [3.63, 3.8) is 0 Å². The number of halogens is 1. The second kappa shape index (κ2) is 8.72. The Morgan fingerprint density at radius 2 is 2.22 bits per heavy atom. The minimum Gasteiger partial charge on any atom is -0.497 e. The highest BCUT2D eigenvalue weighted by atomic mass is 35.5. The van der Waals surface area contributed by atoms with Crippen LogP contribution in [0.1, 0.15) is 47.8 Å². The maximum atomic E-state index is 5.39. The highest BCUT2D eigenvalue weighted by Crippen LogP contribution is 2.39. The van der Waals surface area contributed by atoms with E-state index in [0.29, 0.717) is 11.8 Å². The Kier molecular flexibility index (Phi) is 6.94. The SMILES string of the molecule is CNCC(CC1CCCc2cc(OC)ccc21)c1ccsc1.Cl. The summed E-state index contributed by atoms with van der Waals surface area (Å²) in [7, 11) is 3.81. The Morgan fingerprint density at radius 1 is 1.35 bits per heavy atom. The molecule has 0 spiro atoms. The van der Waals surface area contributed by atoms with Crippen LogP contribution in [0.2, 0.25) is 0 Å². The summed E-state index contributed by atoms with van der Waals surface area (Å²) in [6.45, 7) is 1.05. The Bertz CT molecular complexity index is 599. The number of thiophene rings is 1. The first-order valence-corrected chi connectivity index (χ1v) is 9.09. The zero-order chi connectivity index (χ0) is 15.4. The first-order valence-electron chi connectivity index (χ1n) is 8.15. The van der Waals surface area contributed by atoms with Gasteiger partial charge in [0.2, 0.25) is 0 Å². The second-order valence-electron chi connectivity index (χ2n) is 6.20. The first kappa shape index (κ1) is 18.3. The number of methoxy groups -OCH3 is 1. The molecule has 126 valence electrons. The van der Waals surface area contributed by atoms with Crippen LogP contribution in [0.25, 0.3) is 0 Å². The quantitative estimate of drug-likeness (QED) is 0.791. The lowest BCUT2D eigenvalue weighted by molar-refractivity contribution is 0.411. The molecule has 2 atom stereocenters. The summed E-state index contributed by atoms with van der Waals surface area (Å²) in [5.41, 5.74) is 4.52. The number of fused-ring (bicyclic) bond motifs is 1. The normalized spacial score (nSPS) is 17.9. The Morgan fingerprint density at radius 3 is 2.91 bits per heavy atom. The van der Waals surface area contributed by atoms with Crippen LogP contribution in [-0.4, -0.2) is 20.7 Å². The third kappa shape index (κ3) is 4.28. The molecule has 0 aliphatic heterocycles. The fourth-order valence-corrected chi connectivity index (χ4v) is 4.44. The van der Waals surface area contributed by atoms with Crippen LogP contribution in [0.15, 0.2) is 35.0 Å². The summed E-state index contributed by atoms with van der Waals surface area (Å²) in [6, 6.07) is 8.93. The summed E-state index contributed by atoms with van der Waals surface area (Å²) < 4.78 is 5.39. The van der Waals surface area contributed by atoms with Gasteiger partial charge in [-0.05, 0) is 90.2 Å². The van der Waals surface area contributed by atoms with Gasteiger partial charge in [0, 0.05) is 6.54 Å². The Hall–Kier alpha value is -1.03. The molecule has 2 aromatic rings. The molecule has 3 rings (SSSR count). The van der Waals surface area contributed by atoms with Crippen molar-refractivity contribution >= 4 is 23.7 Å². The molecule has 0 amide bonds. The van der Waals surface area contributed by atoms with Crippen LogP contribution in [-0.2, 0) is 6.42 Å². The maximum Gasteiger partial charge on any atom is 0.119 e. The van der Waals surface area contributed by atoms with E-state index < -0.39 is 0 Å². The van der Waals surface area contributed by atoms with E-state index in [-0.39, 0.29) is 12.4 Å². The van der Waals surface area contributed by atoms with E-state index in [1.54, 1.807) is 24.0 Å². The van der Waals surface area contributed by atoms with Gasteiger partial charge in [0.1, 0.15) is 5.75 Å². The number of hydrogen-bond donors (Lipinski definition) is 1. The third-order valence-corrected chi connectivity index (χ3v) is 5.52. The molecule has 23 heavy (non-hydrogen) atoms. The van der Waals surface area contributed by atoms with Crippen molar-refractivity contribution in [1.82, 2.24) is 5.32 Å². The van der Waals surface area contributed by atoms with Crippen LogP contribution >= 0.6 is 23.7 Å². The smallest absolute Gasteiger partial charge is 0.119 e. The van der Waals surface area contributed by atoms with Crippen molar-refractivity contribution < 1.29 is 4.74 Å². The summed E-state index contributed by atoms with van der Waals surface area (Å²) in [6.07, 6.45) is 5.03. The van der Waals surface area contributed by atoms with Crippen LogP contribution in [0.3, 0.4) is 0 Å². The molecule has 1 aromatic heterocycles. The molecular weight excluding hydrogens is 326 g/mol. The van der Waals surface area contributed by atoms with Crippen molar-refractivity contribution in [1.29, 1.82) is 0 Å². The topological polar surface area (TPSA) is 21.3 Å². The van der Waals surface area contributed by atoms with Gasteiger partial charge in [0.15, 0.2) is 0 Å². The van der Waals surface area contributed by atoms with Crippen molar-refractivity contribution in [3.05, 3.63) is 51.7 Å². The maximum absolute atomic E-state index is 5.39. The first-order chi connectivity index (χ1) is 10.8. The average molecular weight is 352 g/mol. The predicted octanol–water partition coefficient (Wildman–Crippen LogP) is 4.99. The number of likely N-dealkylation sites (N-methyl/N-ethyl adjacent to an activating group) is 1. The molecule has 0 fully saturated rings. The minimum absolute atomic E-state index is 0. The van der Waals surface area contributed by atoms with E-state index >= 15 is 0 Å². The van der Waals surface area contributed by atoms with Crippen LogP contribution in [0.5, 0.6) is 5.75 Å². The van der Waals surface area contributed by atoms with E-state index in [9.17, 15) is 0 Å². The highest BCUT2D eigenvalue weighted by molar-refractivity contribution is 7.07. The van der Waals surface area contributed by atoms with Gasteiger partial charge >= 0.3 is 0 Å². The molecule has 0 saturated carbocycles. The highest BCUT2D eigenvalue weighted by Gasteiger charge is 2.24. The van der Waals surface area contributed by atoms with Crippen LogP contribution in [0, 0.1) is 0 Å². The molecule has 1 aliphatic carbocycles. The zero-order valence-corrected chi connectivity index (χ0v) is 15.5.